The fourth-order valence-corrected chi connectivity index (χ4v) is 2.20. The Morgan fingerprint density at radius 2 is 1.50 bits per heavy atom. The van der Waals surface area contributed by atoms with Crippen LogP contribution in [-0.2, 0) is 10.9 Å². The SMILES string of the molecule is CCOC(=O)c1cc(-c2ccc(OC(F)(F)F)cc2)ccc1C(F)(F)F. The molecule has 0 unspecified atom stereocenters. The third kappa shape index (κ3) is 4.90. The van der Waals surface area contributed by atoms with E-state index in [2.05, 4.69) is 9.47 Å². The molecular weight excluding hydrogens is 366 g/mol. The van der Waals surface area contributed by atoms with Gasteiger partial charge in [-0.05, 0) is 42.3 Å². The maximum absolute atomic E-state index is 13.1. The van der Waals surface area contributed by atoms with Crippen molar-refractivity contribution in [2.24, 2.45) is 0 Å². The summed E-state index contributed by atoms with van der Waals surface area (Å²) in [5.41, 5.74) is -1.32. The molecule has 0 saturated carbocycles. The highest BCUT2D eigenvalue weighted by Gasteiger charge is 2.36. The molecule has 0 aliphatic rings. The average molecular weight is 378 g/mol. The van der Waals surface area contributed by atoms with Crippen LogP contribution in [0.3, 0.4) is 0 Å². The lowest BCUT2D eigenvalue weighted by Gasteiger charge is -2.14. The lowest BCUT2D eigenvalue weighted by molar-refractivity contribution is -0.274. The second-order valence-corrected chi connectivity index (χ2v) is 5.05. The molecule has 2 aromatic carbocycles. The van der Waals surface area contributed by atoms with Gasteiger partial charge in [0.2, 0.25) is 0 Å². The second kappa shape index (κ2) is 7.27. The Kier molecular flexibility index (Phi) is 5.48. The van der Waals surface area contributed by atoms with Crippen molar-refractivity contribution in [1.82, 2.24) is 0 Å². The standard InChI is InChI=1S/C17H12F6O3/c1-2-25-15(24)13-9-11(5-8-14(13)16(18,19)20)10-3-6-12(7-4-10)26-17(21,22)23/h3-9H,2H2,1H3. The van der Waals surface area contributed by atoms with E-state index in [0.717, 1.165) is 30.3 Å². The topological polar surface area (TPSA) is 35.5 Å². The minimum Gasteiger partial charge on any atom is -0.462 e. The summed E-state index contributed by atoms with van der Waals surface area (Å²) in [4.78, 5) is 11.8. The molecule has 3 nitrogen and oxygen atoms in total. The lowest BCUT2D eigenvalue weighted by Crippen LogP contribution is -2.17. The fraction of sp³-hybridized carbons (Fsp3) is 0.235. The number of hydrogen-bond donors (Lipinski definition) is 0. The van der Waals surface area contributed by atoms with E-state index in [-0.39, 0.29) is 12.2 Å². The Balaban J connectivity index is 2.41. The van der Waals surface area contributed by atoms with Gasteiger partial charge in [-0.2, -0.15) is 13.2 Å². The van der Waals surface area contributed by atoms with E-state index in [4.69, 9.17) is 0 Å². The van der Waals surface area contributed by atoms with Gasteiger partial charge in [0.05, 0.1) is 17.7 Å². The molecular formula is C17H12F6O3. The third-order valence-corrected chi connectivity index (χ3v) is 3.24. The molecule has 0 atom stereocenters. The van der Waals surface area contributed by atoms with Crippen LogP contribution >= 0.6 is 0 Å². The van der Waals surface area contributed by atoms with E-state index in [0.29, 0.717) is 5.56 Å². The first-order valence-corrected chi connectivity index (χ1v) is 7.26. The summed E-state index contributed by atoms with van der Waals surface area (Å²) in [5.74, 6) is -1.61. The Morgan fingerprint density at radius 1 is 0.923 bits per heavy atom. The van der Waals surface area contributed by atoms with Crippen molar-refractivity contribution in [2.75, 3.05) is 6.61 Å². The van der Waals surface area contributed by atoms with Crippen molar-refractivity contribution < 1.29 is 40.6 Å². The monoisotopic (exact) mass is 378 g/mol. The summed E-state index contributed by atoms with van der Waals surface area (Å²) < 4.78 is 84.0. The van der Waals surface area contributed by atoms with Gasteiger partial charge in [0.25, 0.3) is 0 Å². The first-order chi connectivity index (χ1) is 12.0. The number of hydrogen-bond acceptors (Lipinski definition) is 3. The van der Waals surface area contributed by atoms with Gasteiger partial charge >= 0.3 is 18.5 Å². The van der Waals surface area contributed by atoms with Gasteiger partial charge < -0.3 is 9.47 Å². The first kappa shape index (κ1) is 19.6. The van der Waals surface area contributed by atoms with Gasteiger partial charge in [-0.25, -0.2) is 4.79 Å². The highest BCUT2D eigenvalue weighted by Crippen LogP contribution is 2.35. The molecule has 0 radical (unpaired) electrons. The van der Waals surface area contributed by atoms with Crippen LogP contribution in [0.5, 0.6) is 5.75 Å². The average Bonchev–Trinajstić information content (AvgIpc) is 2.53. The quantitative estimate of drug-likeness (QED) is 0.524. The summed E-state index contributed by atoms with van der Waals surface area (Å²) in [5, 5.41) is 0. The summed E-state index contributed by atoms with van der Waals surface area (Å²) >= 11 is 0. The van der Waals surface area contributed by atoms with Gasteiger partial charge in [-0.15, -0.1) is 13.2 Å². The molecule has 0 fully saturated rings. The number of benzene rings is 2. The molecule has 9 heteroatoms. The number of ether oxygens (including phenoxy) is 2. The predicted molar refractivity (Wildman–Crippen MR) is 79.5 cm³/mol. The van der Waals surface area contributed by atoms with Crippen LogP contribution in [0, 0.1) is 0 Å². The summed E-state index contributed by atoms with van der Waals surface area (Å²) in [6.45, 7) is 1.35. The predicted octanol–water partition coefficient (Wildman–Crippen LogP) is 5.45. The molecule has 0 aliphatic carbocycles. The van der Waals surface area contributed by atoms with E-state index >= 15 is 0 Å². The van der Waals surface area contributed by atoms with Crippen molar-refractivity contribution in [3.63, 3.8) is 0 Å². The lowest BCUT2D eigenvalue weighted by atomic mass is 9.98. The van der Waals surface area contributed by atoms with Crippen molar-refractivity contribution >= 4 is 5.97 Å². The molecule has 2 aromatic rings. The zero-order chi connectivity index (χ0) is 19.5. The fourth-order valence-electron chi connectivity index (χ4n) is 2.20. The Bertz CT molecular complexity index is 779. The second-order valence-electron chi connectivity index (χ2n) is 5.05. The van der Waals surface area contributed by atoms with Crippen molar-refractivity contribution in [2.45, 2.75) is 19.5 Å². The molecule has 0 aromatic heterocycles. The van der Waals surface area contributed by atoms with Crippen molar-refractivity contribution in [3.05, 3.63) is 53.6 Å². The van der Waals surface area contributed by atoms with Gasteiger partial charge in [0.15, 0.2) is 0 Å². The number of carbonyl (C=O) groups is 1. The van der Waals surface area contributed by atoms with E-state index in [1.807, 2.05) is 0 Å². The summed E-state index contributed by atoms with van der Waals surface area (Å²) in [7, 11) is 0. The van der Waals surface area contributed by atoms with Gasteiger partial charge in [-0.1, -0.05) is 18.2 Å². The molecule has 0 bridgehead atoms. The Morgan fingerprint density at radius 3 is 2.00 bits per heavy atom. The number of rotatable bonds is 4. The van der Waals surface area contributed by atoms with Gasteiger partial charge in [-0.3, -0.25) is 0 Å². The molecule has 0 aliphatic heterocycles. The summed E-state index contributed by atoms with van der Waals surface area (Å²) in [6, 6.07) is 7.33. The van der Waals surface area contributed by atoms with Crippen molar-refractivity contribution in [3.8, 4) is 16.9 Å². The van der Waals surface area contributed by atoms with Crippen LogP contribution in [0.25, 0.3) is 11.1 Å². The Labute approximate surface area is 144 Å². The zero-order valence-corrected chi connectivity index (χ0v) is 13.2. The van der Waals surface area contributed by atoms with Gasteiger partial charge in [0, 0.05) is 0 Å². The maximum Gasteiger partial charge on any atom is 0.573 e. The van der Waals surface area contributed by atoms with E-state index in [1.165, 1.54) is 19.1 Å². The molecule has 2 rings (SSSR count). The number of alkyl halides is 6. The number of carbonyl (C=O) groups excluding carboxylic acids is 1. The maximum atomic E-state index is 13.1. The largest absolute Gasteiger partial charge is 0.573 e. The normalized spacial score (nSPS) is 12.0. The number of esters is 1. The molecule has 0 amide bonds. The van der Waals surface area contributed by atoms with Crippen LogP contribution in [0.4, 0.5) is 26.3 Å². The highest BCUT2D eigenvalue weighted by atomic mass is 19.4. The molecule has 0 saturated heterocycles. The van der Waals surface area contributed by atoms with Crippen LogP contribution in [0.15, 0.2) is 42.5 Å². The third-order valence-electron chi connectivity index (χ3n) is 3.24. The van der Waals surface area contributed by atoms with Crippen molar-refractivity contribution in [1.29, 1.82) is 0 Å². The molecule has 0 N–H and O–H groups in total. The van der Waals surface area contributed by atoms with Crippen LogP contribution in [-0.4, -0.2) is 18.9 Å². The smallest absolute Gasteiger partial charge is 0.462 e. The Hall–Kier alpha value is -2.71. The summed E-state index contributed by atoms with van der Waals surface area (Å²) in [6.07, 6.45) is -9.61. The molecule has 0 heterocycles. The van der Waals surface area contributed by atoms with Crippen LogP contribution in [0.1, 0.15) is 22.8 Å². The minimum atomic E-state index is -4.85. The highest BCUT2D eigenvalue weighted by molar-refractivity contribution is 5.93. The molecule has 26 heavy (non-hydrogen) atoms. The van der Waals surface area contributed by atoms with Crippen LogP contribution < -0.4 is 4.74 Å². The van der Waals surface area contributed by atoms with Crippen LogP contribution in [0.2, 0.25) is 0 Å². The minimum absolute atomic E-state index is 0.107. The van der Waals surface area contributed by atoms with E-state index in [9.17, 15) is 31.1 Å². The molecule has 0 spiro atoms. The van der Waals surface area contributed by atoms with E-state index in [1.54, 1.807) is 0 Å². The zero-order valence-electron chi connectivity index (χ0n) is 13.2. The molecule has 140 valence electrons. The first-order valence-electron chi connectivity index (χ1n) is 7.26. The number of halogens is 6. The van der Waals surface area contributed by atoms with Gasteiger partial charge in [0.1, 0.15) is 5.75 Å². The van der Waals surface area contributed by atoms with E-state index < -0.39 is 35.4 Å².